The summed E-state index contributed by atoms with van der Waals surface area (Å²) in [4.78, 5) is 2.20. The smallest absolute Gasteiger partial charge is 0.399 e. The molecule has 1 aromatic carbocycles. The fourth-order valence-electron chi connectivity index (χ4n) is 3.19. The van der Waals surface area contributed by atoms with Gasteiger partial charge in [0.15, 0.2) is 11.8 Å². The van der Waals surface area contributed by atoms with Gasteiger partial charge in [-0.25, -0.2) is 4.57 Å². The summed E-state index contributed by atoms with van der Waals surface area (Å²) in [5.74, 6) is 0. The van der Waals surface area contributed by atoms with E-state index < -0.39 is 6.85 Å². The van der Waals surface area contributed by atoms with Gasteiger partial charge in [-0.2, -0.15) is 0 Å². The summed E-state index contributed by atoms with van der Waals surface area (Å²) >= 11 is 0. The monoisotopic (exact) mass is 280 g/mol. The van der Waals surface area contributed by atoms with Gasteiger partial charge >= 0.3 is 6.85 Å². The molecule has 3 rings (SSSR count). The molecule has 0 saturated heterocycles. The highest BCUT2D eigenvalue weighted by molar-refractivity contribution is 6.85. The Balaban J connectivity index is 2.20. The summed E-state index contributed by atoms with van der Waals surface area (Å²) in [7, 11) is 3.99. The van der Waals surface area contributed by atoms with Gasteiger partial charge in [-0.15, -0.1) is 0 Å². The summed E-state index contributed by atoms with van der Waals surface area (Å²) < 4.78 is 25.0. The maximum absolute atomic E-state index is 7.70. The minimum Gasteiger partial charge on any atom is -0.410 e. The van der Waals surface area contributed by atoms with Crippen molar-refractivity contribution < 1.29 is 8.68 Å². The standard InChI is InChI=1S/C18H22BN2/c1-13-10-18(20(4)11-14(13)2)19-15(3)17-9-7-6-8-16(17)12-21(19)5/h6-12H,1-5H3/q+1/i2D3. The predicted molar refractivity (Wildman–Crippen MR) is 89.5 cm³/mol. The summed E-state index contributed by atoms with van der Waals surface area (Å²) in [6.07, 6.45) is 3.90. The van der Waals surface area contributed by atoms with Gasteiger partial charge in [-0.3, -0.25) is 0 Å². The van der Waals surface area contributed by atoms with Gasteiger partial charge < -0.3 is 4.81 Å². The van der Waals surface area contributed by atoms with Crippen LogP contribution in [0.5, 0.6) is 0 Å². The molecule has 1 aliphatic heterocycles. The van der Waals surface area contributed by atoms with Crippen LogP contribution in [0.4, 0.5) is 0 Å². The van der Waals surface area contributed by atoms with Crippen LogP contribution in [0.15, 0.2) is 36.5 Å². The van der Waals surface area contributed by atoms with E-state index in [1.54, 1.807) is 6.20 Å². The molecule has 0 unspecified atom stereocenters. The fraction of sp³-hybridized carbons (Fsp3) is 0.278. The fourth-order valence-corrected chi connectivity index (χ4v) is 3.19. The molecule has 0 N–H and O–H groups in total. The zero-order valence-corrected chi connectivity index (χ0v) is 13.0. The van der Waals surface area contributed by atoms with E-state index in [2.05, 4.69) is 43.2 Å². The molecular weight excluding hydrogens is 255 g/mol. The van der Waals surface area contributed by atoms with Gasteiger partial charge in [0.05, 0.1) is 0 Å². The highest BCUT2D eigenvalue weighted by atomic mass is 15.0. The molecule has 0 radical (unpaired) electrons. The molecule has 0 amide bonds. The quantitative estimate of drug-likeness (QED) is 0.542. The molecule has 106 valence electrons. The molecule has 0 spiro atoms. The van der Waals surface area contributed by atoms with Crippen LogP contribution in [0.1, 0.15) is 22.2 Å². The minimum atomic E-state index is -2.09. The average molecular weight is 280 g/mol. The van der Waals surface area contributed by atoms with Crippen molar-refractivity contribution >= 4 is 24.1 Å². The lowest BCUT2D eigenvalue weighted by atomic mass is 9.49. The first-order chi connectivity index (χ1) is 11.2. The van der Waals surface area contributed by atoms with Crippen molar-refractivity contribution in [2.45, 2.75) is 20.7 Å². The largest absolute Gasteiger partial charge is 0.410 e. The molecule has 21 heavy (non-hydrogen) atoms. The van der Waals surface area contributed by atoms with Crippen molar-refractivity contribution in [3.63, 3.8) is 0 Å². The second-order valence-electron chi connectivity index (χ2n) is 5.87. The Kier molecular flexibility index (Phi) is 2.57. The normalized spacial score (nSPS) is 16.8. The molecule has 0 atom stereocenters. The maximum atomic E-state index is 7.70. The van der Waals surface area contributed by atoms with Crippen molar-refractivity contribution in [1.29, 1.82) is 0 Å². The SMILES string of the molecule is [2H]C([2H])([2H])c1c[n+](C)c(B2C(C)=c3ccccc3=CN2C)cc1C. The summed E-state index contributed by atoms with van der Waals surface area (Å²) in [6, 6.07) is 10.4. The van der Waals surface area contributed by atoms with Crippen LogP contribution in [0.2, 0.25) is 0 Å². The predicted octanol–water partition coefficient (Wildman–Crippen LogP) is 0.420. The van der Waals surface area contributed by atoms with Gasteiger partial charge in [0.1, 0.15) is 7.05 Å². The van der Waals surface area contributed by atoms with Crippen LogP contribution in [0.3, 0.4) is 0 Å². The van der Waals surface area contributed by atoms with E-state index in [1.807, 2.05) is 30.7 Å². The van der Waals surface area contributed by atoms with Crippen LogP contribution in [0, 0.1) is 13.8 Å². The molecule has 2 nitrogen and oxygen atoms in total. The van der Waals surface area contributed by atoms with E-state index in [9.17, 15) is 0 Å². The second-order valence-corrected chi connectivity index (χ2v) is 5.87. The maximum Gasteiger partial charge on any atom is 0.399 e. The number of hydrogen-bond acceptors (Lipinski definition) is 1. The number of nitrogens with zero attached hydrogens (tertiary/aromatic N) is 2. The van der Waals surface area contributed by atoms with E-state index in [4.69, 9.17) is 4.11 Å². The molecule has 1 aromatic heterocycles. The Morgan fingerprint density at radius 2 is 1.95 bits per heavy atom. The van der Waals surface area contributed by atoms with Gasteiger partial charge in [-0.1, -0.05) is 29.7 Å². The van der Waals surface area contributed by atoms with E-state index in [0.29, 0.717) is 5.56 Å². The number of rotatable bonds is 1. The second kappa shape index (κ2) is 5.07. The molecular formula is C18H22BN2+. The first-order valence-corrected chi connectivity index (χ1v) is 7.20. The summed E-state index contributed by atoms with van der Waals surface area (Å²) in [5.41, 5.74) is 3.58. The Bertz CT molecular complexity index is 919. The van der Waals surface area contributed by atoms with Crippen LogP contribution in [0.25, 0.3) is 11.7 Å². The van der Waals surface area contributed by atoms with Crippen molar-refractivity contribution in [3.8, 4) is 0 Å². The lowest BCUT2D eigenvalue weighted by molar-refractivity contribution is -0.654. The molecule has 3 heteroatoms. The van der Waals surface area contributed by atoms with Crippen LogP contribution >= 0.6 is 0 Å². The molecule has 0 aliphatic carbocycles. The number of benzene rings is 1. The van der Waals surface area contributed by atoms with Crippen LogP contribution in [-0.2, 0) is 7.05 Å². The van der Waals surface area contributed by atoms with Crippen molar-refractivity contribution in [1.82, 2.24) is 4.81 Å². The number of pyridine rings is 1. The number of fused-ring (bicyclic) bond motifs is 1. The molecule has 0 bridgehead atoms. The van der Waals surface area contributed by atoms with Crippen molar-refractivity contribution in [3.05, 3.63) is 58.1 Å². The Labute approximate surface area is 131 Å². The lowest BCUT2D eigenvalue weighted by Crippen LogP contribution is -2.62. The van der Waals surface area contributed by atoms with Crippen molar-refractivity contribution in [2.75, 3.05) is 7.05 Å². The molecule has 0 saturated carbocycles. The molecule has 2 aromatic rings. The third-order valence-corrected chi connectivity index (χ3v) is 4.35. The van der Waals surface area contributed by atoms with Gasteiger partial charge in [0.25, 0.3) is 0 Å². The van der Waals surface area contributed by atoms with Crippen LogP contribution in [-0.4, -0.2) is 18.7 Å². The lowest BCUT2D eigenvalue weighted by Gasteiger charge is -2.26. The van der Waals surface area contributed by atoms with E-state index >= 15 is 0 Å². The Morgan fingerprint density at radius 3 is 2.71 bits per heavy atom. The molecule has 1 aliphatic rings. The molecule has 2 heterocycles. The van der Waals surface area contributed by atoms with Crippen LogP contribution < -0.4 is 20.6 Å². The third kappa shape index (κ3) is 2.27. The summed E-state index contributed by atoms with van der Waals surface area (Å²) in [6.45, 7) is 2.03. The zero-order valence-electron chi connectivity index (χ0n) is 16.0. The van der Waals surface area contributed by atoms with E-state index in [0.717, 1.165) is 11.2 Å². The Morgan fingerprint density at radius 1 is 1.19 bits per heavy atom. The topological polar surface area (TPSA) is 7.12 Å². The van der Waals surface area contributed by atoms with Crippen molar-refractivity contribution in [2.24, 2.45) is 7.05 Å². The number of aryl methyl sites for hydroxylation is 3. The van der Waals surface area contributed by atoms with E-state index in [-0.39, 0.29) is 6.85 Å². The third-order valence-electron chi connectivity index (χ3n) is 4.35. The summed E-state index contributed by atoms with van der Waals surface area (Å²) in [5, 5.41) is 2.46. The van der Waals surface area contributed by atoms with Gasteiger partial charge in [-0.05, 0) is 49.9 Å². The molecule has 0 fully saturated rings. The highest BCUT2D eigenvalue weighted by Crippen LogP contribution is 2.08. The highest BCUT2D eigenvalue weighted by Gasteiger charge is 2.33. The number of aromatic nitrogens is 1. The van der Waals surface area contributed by atoms with Gasteiger partial charge in [0.2, 0.25) is 0 Å². The van der Waals surface area contributed by atoms with E-state index in [1.165, 1.54) is 15.9 Å². The first kappa shape index (κ1) is 10.7. The van der Waals surface area contributed by atoms with Gasteiger partial charge in [0, 0.05) is 15.7 Å². The minimum absolute atomic E-state index is 0.0919. The average Bonchev–Trinajstić information content (AvgIpc) is 2.49. The first-order valence-electron chi connectivity index (χ1n) is 8.70. The Hall–Kier alpha value is -2.03. The zero-order chi connectivity index (χ0) is 17.6. The number of hydrogen-bond donors (Lipinski definition) is 0.